The summed E-state index contributed by atoms with van der Waals surface area (Å²) in [6.07, 6.45) is -18.4. The number of ether oxygens (including phenoxy) is 4. The zero-order valence-electron chi connectivity index (χ0n) is 15.0. The lowest BCUT2D eigenvalue weighted by Crippen LogP contribution is -2.62. The SMILES string of the molecule is O=C([O-])[C@@H](CO)O[C@H]1O[C@H](CO[C@H]2O[C@H](CO)[C@@H](O)[C@H](O)[C@H]2O)[C@@H](O)[C@H](O)[C@H]1O. The van der Waals surface area contributed by atoms with Crippen molar-refractivity contribution in [2.24, 2.45) is 0 Å². The van der Waals surface area contributed by atoms with Gasteiger partial charge in [-0.05, 0) is 0 Å². The van der Waals surface area contributed by atoms with Gasteiger partial charge in [-0.25, -0.2) is 0 Å². The molecule has 14 nitrogen and oxygen atoms in total. The Hall–Kier alpha value is -1.01. The minimum atomic E-state index is -1.89. The summed E-state index contributed by atoms with van der Waals surface area (Å²) in [5.74, 6) is -1.81. The molecule has 0 amide bonds. The summed E-state index contributed by atoms with van der Waals surface area (Å²) >= 11 is 0. The summed E-state index contributed by atoms with van der Waals surface area (Å²) in [4.78, 5) is 10.8. The van der Waals surface area contributed by atoms with E-state index in [0.717, 1.165) is 0 Å². The molecular weight excluding hydrogens is 404 g/mol. The van der Waals surface area contributed by atoms with E-state index in [1.165, 1.54) is 0 Å². The molecule has 8 N–H and O–H groups in total. The highest BCUT2D eigenvalue weighted by Crippen LogP contribution is 2.26. The molecular formula is C15H25O14-. The van der Waals surface area contributed by atoms with Gasteiger partial charge in [0, 0.05) is 0 Å². The van der Waals surface area contributed by atoms with Crippen LogP contribution in [0.1, 0.15) is 0 Å². The third-order valence-corrected chi connectivity index (χ3v) is 4.67. The molecule has 0 aromatic rings. The van der Waals surface area contributed by atoms with E-state index < -0.39 is 93.3 Å². The smallest absolute Gasteiger partial charge is 0.187 e. The molecule has 0 unspecified atom stereocenters. The number of aliphatic carboxylic acids is 1. The molecule has 0 radical (unpaired) electrons. The minimum Gasteiger partial charge on any atom is -0.547 e. The molecule has 170 valence electrons. The average molecular weight is 429 g/mol. The van der Waals surface area contributed by atoms with E-state index in [9.17, 15) is 40.5 Å². The van der Waals surface area contributed by atoms with E-state index in [4.69, 9.17) is 29.2 Å². The number of hydrogen-bond acceptors (Lipinski definition) is 14. The molecule has 0 aromatic carbocycles. The second kappa shape index (κ2) is 10.3. The maximum Gasteiger partial charge on any atom is 0.187 e. The summed E-state index contributed by atoms with van der Waals surface area (Å²) in [6.45, 7) is -2.32. The molecule has 2 rings (SSSR count). The first-order valence-corrected chi connectivity index (χ1v) is 8.71. The van der Waals surface area contributed by atoms with Crippen LogP contribution in [0.25, 0.3) is 0 Å². The van der Waals surface area contributed by atoms with Crippen LogP contribution in [0.5, 0.6) is 0 Å². The third kappa shape index (κ3) is 5.38. The predicted molar refractivity (Wildman–Crippen MR) is 83.4 cm³/mol. The Bertz CT molecular complexity index is 531. The van der Waals surface area contributed by atoms with Gasteiger partial charge in [-0.2, -0.15) is 0 Å². The molecule has 0 aromatic heterocycles. The van der Waals surface area contributed by atoms with Crippen molar-refractivity contribution in [2.75, 3.05) is 19.8 Å². The normalized spacial score (nSPS) is 44.4. The molecule has 11 atom stereocenters. The molecule has 2 heterocycles. The molecule has 0 saturated carbocycles. The van der Waals surface area contributed by atoms with Gasteiger partial charge in [0.25, 0.3) is 0 Å². The molecule has 0 bridgehead atoms. The Labute approximate surface area is 164 Å². The van der Waals surface area contributed by atoms with E-state index in [1.807, 2.05) is 0 Å². The van der Waals surface area contributed by atoms with E-state index in [2.05, 4.69) is 0 Å². The van der Waals surface area contributed by atoms with Crippen LogP contribution < -0.4 is 5.11 Å². The van der Waals surface area contributed by atoms with Gasteiger partial charge < -0.3 is 69.7 Å². The minimum absolute atomic E-state index is 0.609. The fourth-order valence-corrected chi connectivity index (χ4v) is 2.90. The highest BCUT2D eigenvalue weighted by atomic mass is 16.7. The van der Waals surface area contributed by atoms with Crippen LogP contribution in [-0.4, -0.2) is 134 Å². The van der Waals surface area contributed by atoms with Crippen molar-refractivity contribution in [3.8, 4) is 0 Å². The summed E-state index contributed by atoms with van der Waals surface area (Å²) in [5.41, 5.74) is 0. The van der Waals surface area contributed by atoms with Crippen molar-refractivity contribution >= 4 is 5.97 Å². The molecule has 14 heteroatoms. The van der Waals surface area contributed by atoms with Crippen molar-refractivity contribution in [3.63, 3.8) is 0 Å². The first-order chi connectivity index (χ1) is 13.6. The highest BCUT2D eigenvalue weighted by Gasteiger charge is 2.47. The number of carbonyl (C=O) groups excluding carboxylic acids is 1. The van der Waals surface area contributed by atoms with E-state index >= 15 is 0 Å². The number of carboxylic acids is 1. The van der Waals surface area contributed by atoms with Crippen LogP contribution in [0.3, 0.4) is 0 Å². The molecule has 2 fully saturated rings. The van der Waals surface area contributed by atoms with Crippen molar-refractivity contribution in [3.05, 3.63) is 0 Å². The fourth-order valence-electron chi connectivity index (χ4n) is 2.90. The monoisotopic (exact) mass is 429 g/mol. The summed E-state index contributed by atoms with van der Waals surface area (Å²) in [6, 6.07) is 0. The van der Waals surface area contributed by atoms with Crippen molar-refractivity contribution < 1.29 is 69.7 Å². The van der Waals surface area contributed by atoms with Gasteiger partial charge in [0.15, 0.2) is 12.6 Å². The number of carboxylic acid groups (broad SMARTS) is 1. The van der Waals surface area contributed by atoms with Crippen LogP contribution in [0.2, 0.25) is 0 Å². The van der Waals surface area contributed by atoms with Gasteiger partial charge in [-0.3, -0.25) is 0 Å². The number of hydrogen-bond donors (Lipinski definition) is 8. The van der Waals surface area contributed by atoms with Gasteiger partial charge in [0.1, 0.15) is 54.9 Å². The molecule has 29 heavy (non-hydrogen) atoms. The Morgan fingerprint density at radius 2 is 1.34 bits per heavy atom. The average Bonchev–Trinajstić information content (AvgIpc) is 2.70. The van der Waals surface area contributed by atoms with Crippen molar-refractivity contribution in [1.82, 2.24) is 0 Å². The summed E-state index contributed by atoms with van der Waals surface area (Å²) in [5, 5.41) is 88.2. The van der Waals surface area contributed by atoms with Gasteiger partial charge in [-0.1, -0.05) is 0 Å². The largest absolute Gasteiger partial charge is 0.547 e. The van der Waals surface area contributed by atoms with Crippen molar-refractivity contribution in [2.45, 2.75) is 67.5 Å². The molecule has 2 saturated heterocycles. The first-order valence-electron chi connectivity index (χ1n) is 8.71. The molecule has 2 aliphatic heterocycles. The predicted octanol–water partition coefficient (Wildman–Crippen LogP) is -7.26. The Morgan fingerprint density at radius 3 is 1.86 bits per heavy atom. The standard InChI is InChI=1S/C15H26O14/c16-1-4-7(18)9(20)11(22)14(27-4)26-3-6-8(19)10(21)12(23)15(29-6)28-5(2-17)13(24)25/h4-12,14-23H,1-3H2,(H,24,25)/p-1/t4-,5-,6-,7-,8-,9+,10+,11-,12-,14+,15+/m1/s1. The van der Waals surface area contributed by atoms with Crippen LogP contribution in [0.4, 0.5) is 0 Å². The van der Waals surface area contributed by atoms with Crippen LogP contribution in [0, 0.1) is 0 Å². The second-order valence-corrected chi connectivity index (χ2v) is 6.67. The first kappa shape index (κ1) is 24.3. The van der Waals surface area contributed by atoms with E-state index in [1.54, 1.807) is 0 Å². The number of aliphatic hydroxyl groups excluding tert-OH is 8. The summed E-state index contributed by atoms with van der Waals surface area (Å²) in [7, 11) is 0. The van der Waals surface area contributed by atoms with Crippen LogP contribution in [-0.2, 0) is 23.7 Å². The van der Waals surface area contributed by atoms with Gasteiger partial charge >= 0.3 is 0 Å². The van der Waals surface area contributed by atoms with Gasteiger partial charge in [0.05, 0.1) is 25.8 Å². The fraction of sp³-hybridized carbons (Fsp3) is 0.933. The maximum atomic E-state index is 10.8. The number of carbonyl (C=O) groups is 1. The zero-order chi connectivity index (χ0) is 21.9. The Kier molecular flexibility index (Phi) is 8.65. The van der Waals surface area contributed by atoms with E-state index in [-0.39, 0.29) is 0 Å². The molecule has 0 aliphatic carbocycles. The molecule has 0 spiro atoms. The number of aliphatic hydroxyl groups is 8. The zero-order valence-corrected chi connectivity index (χ0v) is 15.0. The summed E-state index contributed by atoms with van der Waals surface area (Å²) < 4.78 is 20.3. The quantitative estimate of drug-likeness (QED) is 0.179. The third-order valence-electron chi connectivity index (χ3n) is 4.67. The number of rotatable bonds is 8. The van der Waals surface area contributed by atoms with Gasteiger partial charge in [-0.15, -0.1) is 0 Å². The lowest BCUT2D eigenvalue weighted by molar-refractivity contribution is -0.351. The van der Waals surface area contributed by atoms with Gasteiger partial charge in [0.2, 0.25) is 0 Å². The molecule has 2 aliphatic rings. The lowest BCUT2D eigenvalue weighted by Gasteiger charge is -2.43. The van der Waals surface area contributed by atoms with Crippen molar-refractivity contribution in [1.29, 1.82) is 0 Å². The Balaban J connectivity index is 2.02. The Morgan fingerprint density at radius 1 is 0.828 bits per heavy atom. The lowest BCUT2D eigenvalue weighted by atomic mass is 9.98. The van der Waals surface area contributed by atoms with E-state index in [0.29, 0.717) is 0 Å². The highest BCUT2D eigenvalue weighted by molar-refractivity contribution is 5.70. The van der Waals surface area contributed by atoms with Crippen LogP contribution in [0.15, 0.2) is 0 Å². The maximum absolute atomic E-state index is 10.8. The second-order valence-electron chi connectivity index (χ2n) is 6.67. The van der Waals surface area contributed by atoms with Crippen LogP contribution >= 0.6 is 0 Å². The topological polar surface area (TPSA) is 239 Å².